The normalized spacial score (nSPS) is 17.5. The molecule has 0 aliphatic carbocycles. The van der Waals surface area contributed by atoms with E-state index in [-0.39, 0.29) is 23.9 Å². The molecule has 0 bridgehead atoms. The summed E-state index contributed by atoms with van der Waals surface area (Å²) in [5.74, 6) is 1.34. The highest BCUT2D eigenvalue weighted by Crippen LogP contribution is 2.22. The first kappa shape index (κ1) is 21.3. The van der Waals surface area contributed by atoms with Crippen LogP contribution in [0.4, 0.5) is 0 Å². The van der Waals surface area contributed by atoms with Crippen LogP contribution in [0.1, 0.15) is 32.2 Å². The summed E-state index contributed by atoms with van der Waals surface area (Å²) in [6.07, 6.45) is 1.89. The lowest BCUT2D eigenvalue weighted by molar-refractivity contribution is -0.137. The van der Waals surface area contributed by atoms with E-state index in [1.807, 2.05) is 48.2 Å². The van der Waals surface area contributed by atoms with E-state index in [0.717, 1.165) is 30.8 Å². The molecule has 7 heteroatoms. The number of furan rings is 1. The van der Waals surface area contributed by atoms with Gasteiger partial charge in [0.2, 0.25) is 5.91 Å². The molecule has 0 spiro atoms. The number of rotatable bonds is 6. The summed E-state index contributed by atoms with van der Waals surface area (Å²) < 4.78 is 6.95. The molecule has 1 saturated heterocycles. The fraction of sp³-hybridized carbons (Fsp3) is 0.458. The molecule has 3 aromatic rings. The molecule has 31 heavy (non-hydrogen) atoms. The predicted octanol–water partition coefficient (Wildman–Crippen LogP) is 2.92. The van der Waals surface area contributed by atoms with Crippen molar-refractivity contribution in [2.75, 3.05) is 19.6 Å². The number of aryl methyl sites for hydroxylation is 1. The number of benzene rings is 1. The zero-order valence-corrected chi connectivity index (χ0v) is 18.5. The Morgan fingerprint density at radius 2 is 1.94 bits per heavy atom. The molecule has 0 N–H and O–H groups in total. The van der Waals surface area contributed by atoms with Gasteiger partial charge in [-0.25, -0.2) is 4.68 Å². The summed E-state index contributed by atoms with van der Waals surface area (Å²) in [4.78, 5) is 30.3. The summed E-state index contributed by atoms with van der Waals surface area (Å²) in [5.41, 5.74) is 0.559. The van der Waals surface area contributed by atoms with Crippen LogP contribution in [-0.4, -0.2) is 51.2 Å². The Morgan fingerprint density at radius 3 is 2.61 bits per heavy atom. The monoisotopic (exact) mass is 422 g/mol. The molecule has 1 fully saturated rings. The molecule has 1 aliphatic heterocycles. The van der Waals surface area contributed by atoms with E-state index in [1.54, 1.807) is 6.26 Å². The van der Waals surface area contributed by atoms with E-state index in [1.165, 1.54) is 4.68 Å². The van der Waals surface area contributed by atoms with Crippen LogP contribution in [-0.2, 0) is 24.3 Å². The minimum absolute atomic E-state index is 0.0651. The van der Waals surface area contributed by atoms with Gasteiger partial charge in [0.1, 0.15) is 5.76 Å². The molecule has 0 saturated carbocycles. The first-order chi connectivity index (χ1) is 15.0. The molecule has 164 valence electrons. The number of amides is 1. The number of aromatic nitrogens is 2. The van der Waals surface area contributed by atoms with Crippen LogP contribution in [0.25, 0.3) is 10.8 Å². The van der Waals surface area contributed by atoms with Crippen LogP contribution in [0.2, 0.25) is 0 Å². The highest BCUT2D eigenvalue weighted by Gasteiger charge is 2.33. The van der Waals surface area contributed by atoms with Crippen molar-refractivity contribution in [3.05, 3.63) is 64.5 Å². The number of hydrogen-bond acceptors (Lipinski definition) is 5. The summed E-state index contributed by atoms with van der Waals surface area (Å²) in [5, 5.41) is 5.91. The molecular formula is C24H30N4O3. The number of piperazine rings is 1. The maximum Gasteiger partial charge on any atom is 0.274 e. The van der Waals surface area contributed by atoms with Crippen LogP contribution in [0.15, 0.2) is 51.9 Å². The Hall–Kier alpha value is -2.93. The number of carbonyl (C=O) groups is 1. The standard InChI is InChI=1S/C24H30N4O3/c1-4-28-24(30)20-10-6-5-9-19(20)21(25-28)14-23(29)27-12-11-26(16-22(27)17(2)3)15-18-8-7-13-31-18/h5-10,13,17,22H,4,11-12,14-16H2,1-3H3/t22-/m1/s1. The zero-order chi connectivity index (χ0) is 22.0. The quantitative estimate of drug-likeness (QED) is 0.611. The molecule has 4 rings (SSSR count). The van der Waals surface area contributed by atoms with Crippen molar-refractivity contribution in [3.63, 3.8) is 0 Å². The average molecular weight is 423 g/mol. The summed E-state index contributed by atoms with van der Waals surface area (Å²) >= 11 is 0. The van der Waals surface area contributed by atoms with Gasteiger partial charge in [0.15, 0.2) is 0 Å². The summed E-state index contributed by atoms with van der Waals surface area (Å²) in [7, 11) is 0. The lowest BCUT2D eigenvalue weighted by atomic mass is 9.98. The van der Waals surface area contributed by atoms with Crippen molar-refractivity contribution in [3.8, 4) is 0 Å². The molecule has 2 aromatic heterocycles. The molecule has 1 aromatic carbocycles. The van der Waals surface area contributed by atoms with Crippen molar-refractivity contribution >= 4 is 16.7 Å². The second-order valence-electron chi connectivity index (χ2n) is 8.50. The largest absolute Gasteiger partial charge is 0.468 e. The van der Waals surface area contributed by atoms with E-state index in [9.17, 15) is 9.59 Å². The van der Waals surface area contributed by atoms with Gasteiger partial charge in [-0.3, -0.25) is 14.5 Å². The Bertz CT molecular complexity index is 1100. The number of carbonyl (C=O) groups excluding carboxylic acids is 1. The third-order valence-corrected chi connectivity index (χ3v) is 6.11. The molecule has 0 radical (unpaired) electrons. The molecule has 3 heterocycles. The lowest BCUT2D eigenvalue weighted by Crippen LogP contribution is -2.57. The van der Waals surface area contributed by atoms with Gasteiger partial charge in [0.05, 0.1) is 30.3 Å². The smallest absolute Gasteiger partial charge is 0.274 e. The zero-order valence-electron chi connectivity index (χ0n) is 18.5. The van der Waals surface area contributed by atoms with Crippen molar-refractivity contribution < 1.29 is 9.21 Å². The van der Waals surface area contributed by atoms with Crippen molar-refractivity contribution in [2.45, 2.75) is 46.3 Å². The average Bonchev–Trinajstić information content (AvgIpc) is 3.28. The van der Waals surface area contributed by atoms with Gasteiger partial charge in [0.25, 0.3) is 5.56 Å². The fourth-order valence-electron chi connectivity index (χ4n) is 4.41. The molecule has 1 atom stereocenters. The highest BCUT2D eigenvalue weighted by molar-refractivity contribution is 5.88. The summed E-state index contributed by atoms with van der Waals surface area (Å²) in [6, 6.07) is 11.4. The van der Waals surface area contributed by atoms with Crippen LogP contribution in [0.5, 0.6) is 0 Å². The molecule has 1 aliphatic rings. The van der Waals surface area contributed by atoms with E-state index in [2.05, 4.69) is 23.8 Å². The molecule has 1 amide bonds. The van der Waals surface area contributed by atoms with E-state index in [4.69, 9.17) is 4.42 Å². The van der Waals surface area contributed by atoms with E-state index in [0.29, 0.717) is 30.1 Å². The Morgan fingerprint density at radius 1 is 1.16 bits per heavy atom. The number of nitrogens with zero attached hydrogens (tertiary/aromatic N) is 4. The van der Waals surface area contributed by atoms with Gasteiger partial charge in [-0.2, -0.15) is 5.10 Å². The molecule has 7 nitrogen and oxygen atoms in total. The van der Waals surface area contributed by atoms with Crippen molar-refractivity contribution in [1.82, 2.24) is 19.6 Å². The van der Waals surface area contributed by atoms with Gasteiger partial charge < -0.3 is 9.32 Å². The van der Waals surface area contributed by atoms with E-state index >= 15 is 0 Å². The Labute approximate surface area is 182 Å². The van der Waals surface area contributed by atoms with Gasteiger partial charge >= 0.3 is 0 Å². The Kier molecular flexibility index (Phi) is 6.23. The van der Waals surface area contributed by atoms with Crippen LogP contribution in [0, 0.1) is 5.92 Å². The first-order valence-corrected chi connectivity index (χ1v) is 11.0. The minimum Gasteiger partial charge on any atom is -0.468 e. The van der Waals surface area contributed by atoms with Crippen molar-refractivity contribution in [2.24, 2.45) is 5.92 Å². The predicted molar refractivity (Wildman–Crippen MR) is 120 cm³/mol. The molecular weight excluding hydrogens is 392 g/mol. The maximum absolute atomic E-state index is 13.4. The van der Waals surface area contributed by atoms with Crippen molar-refractivity contribution in [1.29, 1.82) is 0 Å². The second-order valence-corrected chi connectivity index (χ2v) is 8.50. The minimum atomic E-state index is -0.110. The summed E-state index contributed by atoms with van der Waals surface area (Å²) in [6.45, 7) is 9.73. The second kappa shape index (κ2) is 9.06. The maximum atomic E-state index is 13.4. The Balaban J connectivity index is 1.55. The topological polar surface area (TPSA) is 71.6 Å². The van der Waals surface area contributed by atoms with Gasteiger partial charge in [0, 0.05) is 37.6 Å². The number of fused-ring (bicyclic) bond motifs is 1. The van der Waals surface area contributed by atoms with Gasteiger partial charge in [-0.1, -0.05) is 32.0 Å². The van der Waals surface area contributed by atoms with Crippen LogP contribution >= 0.6 is 0 Å². The molecule has 0 unspecified atom stereocenters. The van der Waals surface area contributed by atoms with Crippen LogP contribution < -0.4 is 5.56 Å². The third kappa shape index (κ3) is 4.42. The van der Waals surface area contributed by atoms with E-state index < -0.39 is 0 Å². The van der Waals surface area contributed by atoms with Gasteiger partial charge in [-0.15, -0.1) is 0 Å². The number of hydrogen-bond donors (Lipinski definition) is 0. The fourth-order valence-corrected chi connectivity index (χ4v) is 4.41. The third-order valence-electron chi connectivity index (χ3n) is 6.11. The highest BCUT2D eigenvalue weighted by atomic mass is 16.3. The lowest BCUT2D eigenvalue weighted by Gasteiger charge is -2.43. The van der Waals surface area contributed by atoms with Gasteiger partial charge in [-0.05, 0) is 31.0 Å². The van der Waals surface area contributed by atoms with Crippen LogP contribution in [0.3, 0.4) is 0 Å². The SMILES string of the molecule is CCn1nc(CC(=O)N2CCN(Cc3ccco3)C[C@@H]2C(C)C)c2ccccc2c1=O. The first-order valence-electron chi connectivity index (χ1n) is 11.0.